The van der Waals surface area contributed by atoms with E-state index >= 15 is 0 Å². The van der Waals surface area contributed by atoms with Gasteiger partial charge in [-0.3, -0.25) is 13.9 Å². The molecule has 0 aliphatic heterocycles. The molecule has 1 N–H and O–H groups in total. The summed E-state index contributed by atoms with van der Waals surface area (Å²) in [5, 5.41) is 3.16. The van der Waals surface area contributed by atoms with Crippen molar-refractivity contribution in [3.8, 4) is 5.75 Å². The van der Waals surface area contributed by atoms with Crippen LogP contribution >= 0.6 is 11.6 Å². The number of hydrogen-bond acceptors (Lipinski definition) is 5. The second-order valence-corrected chi connectivity index (χ2v) is 11.4. The lowest BCUT2D eigenvalue weighted by Crippen LogP contribution is -2.51. The standard InChI is InChI=1S/C29H34ClN3O5S/c1-5-17-31-29(35)22(3)32(19-23-12-15-25(38-4)16-13-23)28(34)20-33(27-18-24(30)14-11-21(27)2)39(36,37)26-9-7-6-8-10-26/h6-16,18,22H,5,17,19-20H2,1-4H3,(H,31,35)/t22-/m0/s1. The molecule has 2 amide bonds. The Bertz CT molecular complexity index is 1380. The fourth-order valence-corrected chi connectivity index (χ4v) is 5.65. The summed E-state index contributed by atoms with van der Waals surface area (Å²) in [6.45, 7) is 5.35. The highest BCUT2D eigenvalue weighted by atomic mass is 35.5. The summed E-state index contributed by atoms with van der Waals surface area (Å²) < 4.78 is 34.0. The van der Waals surface area contributed by atoms with E-state index in [1.165, 1.54) is 23.1 Å². The van der Waals surface area contributed by atoms with Crippen LogP contribution in [0.5, 0.6) is 5.75 Å². The quantitative estimate of drug-likeness (QED) is 0.337. The van der Waals surface area contributed by atoms with Gasteiger partial charge in [-0.15, -0.1) is 0 Å². The summed E-state index contributed by atoms with van der Waals surface area (Å²) in [6, 6.07) is 19.1. The molecular formula is C29H34ClN3O5S. The zero-order chi connectivity index (χ0) is 28.6. The van der Waals surface area contributed by atoms with Crippen molar-refractivity contribution < 1.29 is 22.7 Å². The summed E-state index contributed by atoms with van der Waals surface area (Å²) in [5.41, 5.74) is 1.67. The highest BCUT2D eigenvalue weighted by molar-refractivity contribution is 7.92. The van der Waals surface area contributed by atoms with Crippen LogP contribution in [0.2, 0.25) is 5.02 Å². The van der Waals surface area contributed by atoms with E-state index in [4.69, 9.17) is 16.3 Å². The molecule has 0 spiro atoms. The Morgan fingerprint density at radius 2 is 1.69 bits per heavy atom. The number of nitrogens with one attached hydrogen (secondary N) is 1. The van der Waals surface area contributed by atoms with Crippen molar-refractivity contribution in [2.24, 2.45) is 0 Å². The molecule has 0 heterocycles. The van der Waals surface area contributed by atoms with Crippen LogP contribution in [-0.4, -0.2) is 51.4 Å². The van der Waals surface area contributed by atoms with Gasteiger partial charge in [-0.2, -0.15) is 0 Å². The van der Waals surface area contributed by atoms with Crippen LogP contribution in [0, 0.1) is 6.92 Å². The lowest BCUT2D eigenvalue weighted by molar-refractivity contribution is -0.139. The van der Waals surface area contributed by atoms with Gasteiger partial charge >= 0.3 is 0 Å². The number of nitrogens with zero attached hydrogens (tertiary/aromatic N) is 2. The number of carbonyl (C=O) groups is 2. The molecule has 208 valence electrons. The third-order valence-corrected chi connectivity index (χ3v) is 8.29. The maximum Gasteiger partial charge on any atom is 0.264 e. The minimum Gasteiger partial charge on any atom is -0.497 e. The second-order valence-electron chi connectivity index (χ2n) is 9.09. The molecule has 0 bridgehead atoms. The van der Waals surface area contributed by atoms with Crippen molar-refractivity contribution in [1.82, 2.24) is 10.2 Å². The molecule has 0 fully saturated rings. The SMILES string of the molecule is CCCNC(=O)[C@H](C)N(Cc1ccc(OC)cc1)C(=O)CN(c1cc(Cl)ccc1C)S(=O)(=O)c1ccccc1. The minimum absolute atomic E-state index is 0.0348. The number of halogens is 1. The van der Waals surface area contributed by atoms with Gasteiger partial charge in [0.1, 0.15) is 18.3 Å². The van der Waals surface area contributed by atoms with Gasteiger partial charge in [-0.1, -0.05) is 54.9 Å². The van der Waals surface area contributed by atoms with E-state index in [1.807, 2.05) is 6.92 Å². The third kappa shape index (κ3) is 7.52. The van der Waals surface area contributed by atoms with Crippen molar-refractivity contribution in [2.75, 3.05) is 24.5 Å². The van der Waals surface area contributed by atoms with Crippen molar-refractivity contribution in [3.05, 3.63) is 88.9 Å². The Hall–Kier alpha value is -3.56. The third-order valence-electron chi connectivity index (χ3n) is 6.28. The van der Waals surface area contributed by atoms with Crippen molar-refractivity contribution in [1.29, 1.82) is 0 Å². The van der Waals surface area contributed by atoms with Gasteiger partial charge in [0.2, 0.25) is 11.8 Å². The average Bonchev–Trinajstić information content (AvgIpc) is 2.94. The fraction of sp³-hybridized carbons (Fsp3) is 0.310. The van der Waals surface area contributed by atoms with E-state index in [-0.39, 0.29) is 23.0 Å². The van der Waals surface area contributed by atoms with Crippen molar-refractivity contribution >= 4 is 39.1 Å². The number of anilines is 1. The van der Waals surface area contributed by atoms with E-state index < -0.39 is 28.5 Å². The molecular weight excluding hydrogens is 538 g/mol. The molecule has 3 aromatic rings. The molecule has 0 saturated carbocycles. The van der Waals surface area contributed by atoms with Crippen LogP contribution in [0.4, 0.5) is 5.69 Å². The highest BCUT2D eigenvalue weighted by Gasteiger charge is 2.33. The van der Waals surface area contributed by atoms with Crippen molar-refractivity contribution in [3.63, 3.8) is 0 Å². The normalized spacial score (nSPS) is 11.9. The molecule has 0 aliphatic rings. The summed E-state index contributed by atoms with van der Waals surface area (Å²) in [6.07, 6.45) is 0.738. The van der Waals surface area contributed by atoms with Crippen LogP contribution in [-0.2, 0) is 26.2 Å². The van der Waals surface area contributed by atoms with Gasteiger partial charge in [0.05, 0.1) is 17.7 Å². The number of hydrogen-bond donors (Lipinski definition) is 1. The molecule has 0 radical (unpaired) electrons. The van der Waals surface area contributed by atoms with Gasteiger partial charge in [-0.25, -0.2) is 8.42 Å². The van der Waals surface area contributed by atoms with Gasteiger partial charge in [0, 0.05) is 18.1 Å². The maximum atomic E-state index is 13.9. The van der Waals surface area contributed by atoms with Gasteiger partial charge in [-0.05, 0) is 67.8 Å². The van der Waals surface area contributed by atoms with Crippen LogP contribution in [0.25, 0.3) is 0 Å². The first-order valence-corrected chi connectivity index (χ1v) is 14.4. The van der Waals surface area contributed by atoms with Crippen molar-refractivity contribution in [2.45, 2.75) is 44.7 Å². The van der Waals surface area contributed by atoms with Gasteiger partial charge in [0.15, 0.2) is 0 Å². The molecule has 0 aromatic heterocycles. The van der Waals surface area contributed by atoms with E-state index in [0.717, 1.165) is 16.3 Å². The minimum atomic E-state index is -4.15. The van der Waals surface area contributed by atoms with Gasteiger partial charge in [0.25, 0.3) is 10.0 Å². The second kappa shape index (κ2) is 13.5. The van der Waals surface area contributed by atoms with E-state index in [1.54, 1.807) is 75.6 Å². The first-order valence-electron chi connectivity index (χ1n) is 12.6. The van der Waals surface area contributed by atoms with Crippen LogP contribution < -0.4 is 14.4 Å². The summed E-state index contributed by atoms with van der Waals surface area (Å²) in [5.74, 6) is -0.208. The first kappa shape index (κ1) is 30.0. The first-order chi connectivity index (χ1) is 18.6. The predicted molar refractivity (Wildman–Crippen MR) is 153 cm³/mol. The number of rotatable bonds is 12. The average molecular weight is 572 g/mol. The smallest absolute Gasteiger partial charge is 0.264 e. The Labute approximate surface area is 235 Å². The molecule has 8 nitrogen and oxygen atoms in total. The monoisotopic (exact) mass is 571 g/mol. The zero-order valence-corrected chi connectivity index (χ0v) is 24.1. The molecule has 39 heavy (non-hydrogen) atoms. The topological polar surface area (TPSA) is 96.0 Å². The number of methoxy groups -OCH3 is 1. The number of amides is 2. The molecule has 3 aromatic carbocycles. The van der Waals surface area contributed by atoms with Crippen LogP contribution in [0.1, 0.15) is 31.4 Å². The summed E-state index contributed by atoms with van der Waals surface area (Å²) >= 11 is 6.25. The molecule has 10 heteroatoms. The molecule has 1 atom stereocenters. The molecule has 0 saturated heterocycles. The number of benzene rings is 3. The zero-order valence-electron chi connectivity index (χ0n) is 22.6. The Kier molecular flexibility index (Phi) is 10.4. The number of ether oxygens (including phenoxy) is 1. The van der Waals surface area contributed by atoms with Crippen LogP contribution in [0.15, 0.2) is 77.7 Å². The van der Waals surface area contributed by atoms with E-state index in [2.05, 4.69) is 5.32 Å². The summed E-state index contributed by atoms with van der Waals surface area (Å²) in [4.78, 5) is 28.3. The Balaban J connectivity index is 2.04. The van der Waals surface area contributed by atoms with Crippen LogP contribution in [0.3, 0.4) is 0 Å². The number of aryl methyl sites for hydroxylation is 1. The molecule has 3 rings (SSSR count). The number of carbonyl (C=O) groups excluding carboxylic acids is 2. The van der Waals surface area contributed by atoms with Gasteiger partial charge < -0.3 is 15.0 Å². The Morgan fingerprint density at radius 1 is 1.03 bits per heavy atom. The highest BCUT2D eigenvalue weighted by Crippen LogP contribution is 2.30. The largest absolute Gasteiger partial charge is 0.497 e. The lowest BCUT2D eigenvalue weighted by Gasteiger charge is -2.32. The summed E-state index contributed by atoms with van der Waals surface area (Å²) in [7, 11) is -2.59. The number of sulfonamides is 1. The fourth-order valence-electron chi connectivity index (χ4n) is 3.99. The predicted octanol–water partition coefficient (Wildman–Crippen LogP) is 4.80. The molecule has 0 unspecified atom stereocenters. The van der Waals surface area contributed by atoms with E-state index in [9.17, 15) is 18.0 Å². The Morgan fingerprint density at radius 3 is 2.31 bits per heavy atom. The maximum absolute atomic E-state index is 13.9. The molecule has 0 aliphatic carbocycles. The van der Waals surface area contributed by atoms with E-state index in [0.29, 0.717) is 22.9 Å². The lowest BCUT2D eigenvalue weighted by atomic mass is 10.1.